The Morgan fingerprint density at radius 1 is 1.13 bits per heavy atom. The molecule has 0 spiro atoms. The molecule has 1 N–H and O–H groups in total. The van der Waals surface area contributed by atoms with Gasteiger partial charge in [-0.3, -0.25) is 14.9 Å². The Bertz CT molecular complexity index is 1160. The number of rotatable bonds is 7. The van der Waals surface area contributed by atoms with Crippen LogP contribution < -0.4 is 10.1 Å². The van der Waals surface area contributed by atoms with Crippen molar-refractivity contribution in [2.45, 2.75) is 6.92 Å². The molecule has 3 aromatic rings. The number of anilines is 1. The van der Waals surface area contributed by atoms with Crippen molar-refractivity contribution in [1.29, 1.82) is 5.26 Å². The standard InChI is InChI=1S/C24H19N3O4/c1-17-5-9-21(10-6-17)26-24(28)16-31-23-4-2-3-18(14-23)13-20(15-25)19-7-11-22(12-8-19)27(29)30/h2-14H,16H2,1H3,(H,26,28)/b20-13+. The molecule has 0 bridgehead atoms. The van der Waals surface area contributed by atoms with Gasteiger partial charge in [0.05, 0.1) is 16.6 Å². The van der Waals surface area contributed by atoms with Crippen LogP contribution in [0.4, 0.5) is 11.4 Å². The molecular weight excluding hydrogens is 394 g/mol. The number of ether oxygens (including phenoxy) is 1. The van der Waals surface area contributed by atoms with Crippen LogP contribution in [-0.2, 0) is 4.79 Å². The van der Waals surface area contributed by atoms with Gasteiger partial charge in [-0.25, -0.2) is 0 Å². The highest BCUT2D eigenvalue weighted by atomic mass is 16.6. The van der Waals surface area contributed by atoms with E-state index in [1.165, 1.54) is 24.3 Å². The predicted octanol–water partition coefficient (Wildman–Crippen LogP) is 4.98. The highest BCUT2D eigenvalue weighted by Gasteiger charge is 2.08. The zero-order valence-corrected chi connectivity index (χ0v) is 16.7. The maximum Gasteiger partial charge on any atom is 0.269 e. The second-order valence-electron chi connectivity index (χ2n) is 6.75. The largest absolute Gasteiger partial charge is 0.484 e. The van der Waals surface area contributed by atoms with E-state index in [0.717, 1.165) is 5.56 Å². The molecule has 31 heavy (non-hydrogen) atoms. The summed E-state index contributed by atoms with van der Waals surface area (Å²) in [7, 11) is 0. The van der Waals surface area contributed by atoms with Crippen molar-refractivity contribution in [3.63, 3.8) is 0 Å². The van der Waals surface area contributed by atoms with Gasteiger partial charge in [0, 0.05) is 17.8 Å². The molecule has 0 saturated carbocycles. The number of non-ortho nitro benzene ring substituents is 1. The second kappa shape index (κ2) is 9.85. The second-order valence-corrected chi connectivity index (χ2v) is 6.75. The van der Waals surface area contributed by atoms with Crippen LogP contribution in [0.2, 0.25) is 0 Å². The van der Waals surface area contributed by atoms with Crippen LogP contribution in [0.5, 0.6) is 5.75 Å². The third-order valence-electron chi connectivity index (χ3n) is 4.38. The number of amides is 1. The monoisotopic (exact) mass is 413 g/mol. The number of aryl methyl sites for hydroxylation is 1. The summed E-state index contributed by atoms with van der Waals surface area (Å²) in [6.07, 6.45) is 1.65. The number of hydrogen-bond donors (Lipinski definition) is 1. The van der Waals surface area contributed by atoms with E-state index in [1.807, 2.05) is 31.2 Å². The molecule has 0 saturated heterocycles. The molecule has 3 rings (SSSR count). The number of hydrogen-bond acceptors (Lipinski definition) is 5. The molecule has 0 fully saturated rings. The number of allylic oxidation sites excluding steroid dienone is 1. The van der Waals surface area contributed by atoms with Gasteiger partial charge in [-0.1, -0.05) is 29.8 Å². The molecule has 154 valence electrons. The Morgan fingerprint density at radius 3 is 2.48 bits per heavy atom. The van der Waals surface area contributed by atoms with Crippen LogP contribution in [0, 0.1) is 28.4 Å². The molecule has 0 aliphatic rings. The van der Waals surface area contributed by atoms with Gasteiger partial charge in [-0.2, -0.15) is 5.26 Å². The van der Waals surface area contributed by atoms with E-state index in [-0.39, 0.29) is 18.2 Å². The summed E-state index contributed by atoms with van der Waals surface area (Å²) in [5.74, 6) is 0.196. The third-order valence-corrected chi connectivity index (χ3v) is 4.38. The molecule has 0 aliphatic carbocycles. The molecule has 0 aliphatic heterocycles. The zero-order chi connectivity index (χ0) is 22.2. The molecule has 0 radical (unpaired) electrons. The lowest BCUT2D eigenvalue weighted by molar-refractivity contribution is -0.384. The third kappa shape index (κ3) is 6.02. The smallest absolute Gasteiger partial charge is 0.269 e. The van der Waals surface area contributed by atoms with E-state index in [4.69, 9.17) is 4.74 Å². The van der Waals surface area contributed by atoms with E-state index in [2.05, 4.69) is 11.4 Å². The number of carbonyl (C=O) groups is 1. The Kier molecular flexibility index (Phi) is 6.76. The Labute approximate surface area is 179 Å². The minimum Gasteiger partial charge on any atom is -0.484 e. The molecule has 7 heteroatoms. The average molecular weight is 413 g/mol. The highest BCUT2D eigenvalue weighted by Crippen LogP contribution is 2.22. The molecule has 0 aromatic heterocycles. The fraction of sp³-hybridized carbons (Fsp3) is 0.0833. The van der Waals surface area contributed by atoms with Crippen LogP contribution >= 0.6 is 0 Å². The van der Waals surface area contributed by atoms with Crippen molar-refractivity contribution in [2.24, 2.45) is 0 Å². The molecule has 0 heterocycles. The predicted molar refractivity (Wildman–Crippen MR) is 118 cm³/mol. The van der Waals surface area contributed by atoms with Crippen molar-refractivity contribution >= 4 is 28.9 Å². The van der Waals surface area contributed by atoms with E-state index in [9.17, 15) is 20.2 Å². The van der Waals surface area contributed by atoms with Gasteiger partial charge in [-0.05, 0) is 60.5 Å². The van der Waals surface area contributed by atoms with Crippen LogP contribution in [-0.4, -0.2) is 17.4 Å². The number of nitrogens with zero attached hydrogens (tertiary/aromatic N) is 2. The summed E-state index contributed by atoms with van der Waals surface area (Å²) in [6.45, 7) is 1.81. The van der Waals surface area contributed by atoms with Crippen molar-refractivity contribution in [2.75, 3.05) is 11.9 Å². The van der Waals surface area contributed by atoms with Crippen LogP contribution in [0.3, 0.4) is 0 Å². The molecule has 3 aromatic carbocycles. The summed E-state index contributed by atoms with van der Waals surface area (Å²) in [6, 6.07) is 22.3. The summed E-state index contributed by atoms with van der Waals surface area (Å²) >= 11 is 0. The van der Waals surface area contributed by atoms with Gasteiger partial charge in [-0.15, -0.1) is 0 Å². The van der Waals surface area contributed by atoms with Crippen LogP contribution in [0.1, 0.15) is 16.7 Å². The number of benzene rings is 3. The molecule has 7 nitrogen and oxygen atoms in total. The van der Waals surface area contributed by atoms with Gasteiger partial charge in [0.25, 0.3) is 11.6 Å². The van der Waals surface area contributed by atoms with Gasteiger partial charge in [0.1, 0.15) is 5.75 Å². The molecule has 0 atom stereocenters. The maximum absolute atomic E-state index is 12.1. The van der Waals surface area contributed by atoms with Crippen molar-refractivity contribution in [3.8, 4) is 11.8 Å². The lowest BCUT2D eigenvalue weighted by Crippen LogP contribution is -2.20. The minimum atomic E-state index is -0.491. The first-order valence-electron chi connectivity index (χ1n) is 9.40. The van der Waals surface area contributed by atoms with Gasteiger partial charge in [0.15, 0.2) is 6.61 Å². The van der Waals surface area contributed by atoms with E-state index in [0.29, 0.717) is 28.1 Å². The average Bonchev–Trinajstić information content (AvgIpc) is 2.78. The lowest BCUT2D eigenvalue weighted by Gasteiger charge is -2.08. The first-order chi connectivity index (χ1) is 14.9. The Morgan fingerprint density at radius 2 is 1.84 bits per heavy atom. The Hall–Kier alpha value is -4.44. The fourth-order valence-electron chi connectivity index (χ4n) is 2.79. The minimum absolute atomic E-state index is 0.0413. The number of carbonyl (C=O) groups excluding carboxylic acids is 1. The Balaban J connectivity index is 1.67. The van der Waals surface area contributed by atoms with Crippen molar-refractivity contribution in [3.05, 3.63) is 99.6 Å². The van der Waals surface area contributed by atoms with Crippen LogP contribution in [0.15, 0.2) is 72.8 Å². The fourth-order valence-corrected chi connectivity index (χ4v) is 2.79. The van der Waals surface area contributed by atoms with E-state index >= 15 is 0 Å². The molecular formula is C24H19N3O4. The van der Waals surface area contributed by atoms with Gasteiger partial charge >= 0.3 is 0 Å². The first kappa shape index (κ1) is 21.3. The van der Waals surface area contributed by atoms with Crippen molar-refractivity contribution in [1.82, 2.24) is 0 Å². The maximum atomic E-state index is 12.1. The van der Waals surface area contributed by atoms with Gasteiger partial charge < -0.3 is 10.1 Å². The summed E-state index contributed by atoms with van der Waals surface area (Å²) in [5.41, 5.74) is 3.37. The lowest BCUT2D eigenvalue weighted by atomic mass is 10.0. The number of nitriles is 1. The first-order valence-corrected chi connectivity index (χ1v) is 9.40. The summed E-state index contributed by atoms with van der Waals surface area (Å²) in [4.78, 5) is 22.4. The number of nitro benzene ring substituents is 1. The van der Waals surface area contributed by atoms with E-state index < -0.39 is 4.92 Å². The van der Waals surface area contributed by atoms with E-state index in [1.54, 1.807) is 30.3 Å². The highest BCUT2D eigenvalue weighted by molar-refractivity contribution is 5.92. The topological polar surface area (TPSA) is 105 Å². The summed E-state index contributed by atoms with van der Waals surface area (Å²) in [5, 5.41) is 23.0. The normalized spacial score (nSPS) is 10.8. The number of nitrogens with one attached hydrogen (secondary N) is 1. The quantitative estimate of drug-likeness (QED) is 0.254. The summed E-state index contributed by atoms with van der Waals surface area (Å²) < 4.78 is 5.57. The molecule has 1 amide bonds. The van der Waals surface area contributed by atoms with Gasteiger partial charge in [0.2, 0.25) is 0 Å². The molecule has 0 unspecified atom stereocenters. The SMILES string of the molecule is Cc1ccc(NC(=O)COc2cccc(/C=C(\C#N)c3ccc([N+](=O)[O-])cc3)c2)cc1. The van der Waals surface area contributed by atoms with Crippen molar-refractivity contribution < 1.29 is 14.5 Å². The number of nitro groups is 1. The van der Waals surface area contributed by atoms with Crippen LogP contribution in [0.25, 0.3) is 11.6 Å². The zero-order valence-electron chi connectivity index (χ0n) is 16.7.